The van der Waals surface area contributed by atoms with Crippen molar-refractivity contribution in [3.05, 3.63) is 45.6 Å². The molecule has 1 amide bonds. The number of hydrogen-bond donors (Lipinski definition) is 2. The summed E-state index contributed by atoms with van der Waals surface area (Å²) in [6, 6.07) is 2.36. The fourth-order valence-electron chi connectivity index (χ4n) is 2.37. The fraction of sp³-hybridized carbons (Fsp3) is 0.278. The van der Waals surface area contributed by atoms with Gasteiger partial charge in [0.2, 0.25) is 10.0 Å². The number of thiophene rings is 1. The lowest BCUT2D eigenvalue weighted by atomic mass is 10.1. The van der Waals surface area contributed by atoms with E-state index in [2.05, 4.69) is 5.32 Å². The average Bonchev–Trinajstić information content (AvgIpc) is 2.92. The zero-order chi connectivity index (χ0) is 22.6. The third-order valence-electron chi connectivity index (χ3n) is 3.94. The molecule has 1 heterocycles. The number of hydrogen-bond acceptors (Lipinski definition) is 8. The van der Waals surface area contributed by atoms with Crippen molar-refractivity contribution in [2.24, 2.45) is 5.14 Å². The Morgan fingerprint density at radius 3 is 2.43 bits per heavy atom. The van der Waals surface area contributed by atoms with Gasteiger partial charge in [-0.15, -0.1) is 11.3 Å². The van der Waals surface area contributed by atoms with Gasteiger partial charge in [-0.25, -0.2) is 27.5 Å². The average molecular weight is 458 g/mol. The summed E-state index contributed by atoms with van der Waals surface area (Å²) in [5.74, 6) is -3.68. The van der Waals surface area contributed by atoms with Gasteiger partial charge in [-0.05, 0) is 44.5 Å². The van der Waals surface area contributed by atoms with Gasteiger partial charge in [0.15, 0.2) is 6.61 Å². The Balaban J connectivity index is 2.12. The summed E-state index contributed by atoms with van der Waals surface area (Å²) in [4.78, 5) is 36.7. The maximum atomic E-state index is 13.9. The van der Waals surface area contributed by atoms with Crippen LogP contribution in [0.25, 0.3) is 0 Å². The first-order chi connectivity index (χ1) is 14.0. The van der Waals surface area contributed by atoms with E-state index < -0.39 is 50.8 Å². The zero-order valence-corrected chi connectivity index (χ0v) is 17.9. The van der Waals surface area contributed by atoms with Crippen LogP contribution >= 0.6 is 11.3 Å². The molecular weight excluding hydrogens is 439 g/mol. The topological polar surface area (TPSA) is 142 Å². The molecule has 2 rings (SSSR count). The van der Waals surface area contributed by atoms with Crippen molar-refractivity contribution in [1.82, 2.24) is 0 Å². The molecule has 0 atom stereocenters. The number of rotatable bonds is 7. The Labute approximate surface area is 176 Å². The van der Waals surface area contributed by atoms with E-state index in [0.717, 1.165) is 34.4 Å². The number of nitrogens with two attached hydrogens (primary N) is 1. The van der Waals surface area contributed by atoms with Crippen LogP contribution in [0.2, 0.25) is 0 Å². The minimum Gasteiger partial charge on any atom is -0.462 e. The number of esters is 2. The lowest BCUT2D eigenvalue weighted by molar-refractivity contribution is -0.119. The van der Waals surface area contributed by atoms with E-state index in [0.29, 0.717) is 5.56 Å². The van der Waals surface area contributed by atoms with Crippen LogP contribution in [0.15, 0.2) is 23.1 Å². The van der Waals surface area contributed by atoms with Gasteiger partial charge in [-0.1, -0.05) is 0 Å². The standard InChI is InChI=1S/C18H19FN2O7S2/c1-4-27-18(24)15-9(2)10(3)29-16(15)21-14(22)8-28-17(23)12-7-11(30(20,25)26)5-6-13(12)19/h5-7H,4,8H2,1-3H3,(H,21,22)(H2,20,25,26). The maximum Gasteiger partial charge on any atom is 0.341 e. The molecule has 0 fully saturated rings. The number of amides is 1. The van der Waals surface area contributed by atoms with Crippen molar-refractivity contribution >= 4 is 44.2 Å². The molecule has 0 spiro atoms. The Morgan fingerprint density at radius 1 is 1.17 bits per heavy atom. The van der Waals surface area contributed by atoms with Gasteiger partial charge in [0.05, 0.1) is 22.6 Å². The number of anilines is 1. The third kappa shape index (κ3) is 5.40. The second-order valence-corrected chi connectivity index (χ2v) is 8.80. The molecule has 30 heavy (non-hydrogen) atoms. The zero-order valence-electron chi connectivity index (χ0n) is 16.3. The molecule has 0 bridgehead atoms. The van der Waals surface area contributed by atoms with Crippen LogP contribution in [0.5, 0.6) is 0 Å². The first-order valence-corrected chi connectivity index (χ1v) is 10.9. The predicted molar refractivity (Wildman–Crippen MR) is 106 cm³/mol. The van der Waals surface area contributed by atoms with Crippen LogP contribution < -0.4 is 10.5 Å². The minimum absolute atomic E-state index is 0.154. The first-order valence-electron chi connectivity index (χ1n) is 8.52. The molecular formula is C18H19FN2O7S2. The number of benzene rings is 1. The van der Waals surface area contributed by atoms with Crippen LogP contribution in [0.3, 0.4) is 0 Å². The molecule has 0 aliphatic heterocycles. The molecule has 9 nitrogen and oxygen atoms in total. The SMILES string of the molecule is CCOC(=O)c1c(NC(=O)COC(=O)c2cc(S(N)(=O)=O)ccc2F)sc(C)c1C. The summed E-state index contributed by atoms with van der Waals surface area (Å²) in [7, 11) is -4.16. The summed E-state index contributed by atoms with van der Waals surface area (Å²) < 4.78 is 46.3. The molecule has 12 heteroatoms. The summed E-state index contributed by atoms with van der Waals surface area (Å²) in [6.45, 7) is 4.47. The quantitative estimate of drug-likeness (QED) is 0.605. The molecule has 1 aromatic carbocycles. The Hall–Kier alpha value is -2.83. The number of nitrogens with one attached hydrogen (secondary N) is 1. The largest absolute Gasteiger partial charge is 0.462 e. The van der Waals surface area contributed by atoms with Crippen LogP contribution in [0.1, 0.15) is 38.1 Å². The van der Waals surface area contributed by atoms with Gasteiger partial charge in [0.1, 0.15) is 10.8 Å². The highest BCUT2D eigenvalue weighted by Crippen LogP contribution is 2.33. The van der Waals surface area contributed by atoms with Crippen LogP contribution in [0.4, 0.5) is 9.39 Å². The van der Waals surface area contributed by atoms with Gasteiger partial charge >= 0.3 is 11.9 Å². The van der Waals surface area contributed by atoms with E-state index in [-0.39, 0.29) is 17.2 Å². The molecule has 1 aromatic heterocycles. The third-order valence-corrected chi connectivity index (χ3v) is 5.97. The minimum atomic E-state index is -4.16. The number of sulfonamides is 1. The predicted octanol–water partition coefficient (Wildman–Crippen LogP) is 2.12. The molecule has 3 N–H and O–H groups in total. The molecule has 0 saturated carbocycles. The van der Waals surface area contributed by atoms with Crippen LogP contribution in [-0.4, -0.2) is 39.5 Å². The Morgan fingerprint density at radius 2 is 1.83 bits per heavy atom. The van der Waals surface area contributed by atoms with E-state index in [1.165, 1.54) is 0 Å². The van der Waals surface area contributed by atoms with Crippen molar-refractivity contribution in [3.63, 3.8) is 0 Å². The van der Waals surface area contributed by atoms with Crippen molar-refractivity contribution < 1.29 is 36.7 Å². The monoisotopic (exact) mass is 458 g/mol. The molecule has 162 valence electrons. The van der Waals surface area contributed by atoms with E-state index in [1.807, 2.05) is 0 Å². The van der Waals surface area contributed by atoms with E-state index in [4.69, 9.17) is 14.6 Å². The van der Waals surface area contributed by atoms with Gasteiger partial charge < -0.3 is 14.8 Å². The van der Waals surface area contributed by atoms with Crippen molar-refractivity contribution in [2.45, 2.75) is 25.7 Å². The lowest BCUT2D eigenvalue weighted by Crippen LogP contribution is -2.22. The molecule has 0 saturated heterocycles. The number of primary sulfonamides is 1. The molecule has 0 aliphatic rings. The summed E-state index contributed by atoms with van der Waals surface area (Å²) in [5, 5.41) is 7.64. The van der Waals surface area contributed by atoms with Gasteiger partial charge in [0.25, 0.3) is 5.91 Å². The van der Waals surface area contributed by atoms with E-state index in [9.17, 15) is 27.2 Å². The second-order valence-electron chi connectivity index (χ2n) is 6.02. The number of ether oxygens (including phenoxy) is 2. The smallest absolute Gasteiger partial charge is 0.341 e. The van der Waals surface area contributed by atoms with Crippen molar-refractivity contribution in [2.75, 3.05) is 18.5 Å². The first kappa shape index (κ1) is 23.4. The Kier molecular flexibility index (Phi) is 7.29. The highest BCUT2D eigenvalue weighted by molar-refractivity contribution is 7.89. The van der Waals surface area contributed by atoms with Crippen molar-refractivity contribution in [1.29, 1.82) is 0 Å². The second kappa shape index (κ2) is 9.32. The van der Waals surface area contributed by atoms with Crippen LogP contribution in [-0.2, 0) is 24.3 Å². The molecule has 0 radical (unpaired) electrons. The highest BCUT2D eigenvalue weighted by atomic mass is 32.2. The number of halogens is 1. The maximum absolute atomic E-state index is 13.9. The Bertz CT molecular complexity index is 1110. The van der Waals surface area contributed by atoms with Crippen LogP contribution in [0, 0.1) is 19.7 Å². The van der Waals surface area contributed by atoms with Gasteiger partial charge in [-0.3, -0.25) is 4.79 Å². The van der Waals surface area contributed by atoms with Gasteiger partial charge in [-0.2, -0.15) is 0 Å². The number of carbonyl (C=O) groups excluding carboxylic acids is 3. The summed E-state index contributed by atoms with van der Waals surface area (Å²) in [5.41, 5.74) is 0.155. The lowest BCUT2D eigenvalue weighted by Gasteiger charge is -2.09. The fourth-order valence-corrected chi connectivity index (χ4v) is 3.98. The van der Waals surface area contributed by atoms with E-state index in [1.54, 1.807) is 20.8 Å². The summed E-state index contributed by atoms with van der Waals surface area (Å²) >= 11 is 1.15. The number of aryl methyl sites for hydroxylation is 1. The molecule has 0 aliphatic carbocycles. The van der Waals surface area contributed by atoms with E-state index >= 15 is 0 Å². The molecule has 2 aromatic rings. The summed E-state index contributed by atoms with van der Waals surface area (Å²) in [6.07, 6.45) is 0. The highest BCUT2D eigenvalue weighted by Gasteiger charge is 2.23. The molecule has 0 unspecified atom stereocenters. The van der Waals surface area contributed by atoms with Gasteiger partial charge in [0, 0.05) is 4.88 Å². The number of carbonyl (C=O) groups is 3. The van der Waals surface area contributed by atoms with Crippen molar-refractivity contribution in [3.8, 4) is 0 Å². The normalized spacial score (nSPS) is 11.1.